The van der Waals surface area contributed by atoms with E-state index in [1.807, 2.05) is 0 Å². The van der Waals surface area contributed by atoms with Crippen LogP contribution in [0.15, 0.2) is 24.3 Å². The minimum Gasteiger partial charge on any atom is -0.404 e. The number of hydrogen-bond acceptors (Lipinski definition) is 4. The van der Waals surface area contributed by atoms with Crippen molar-refractivity contribution in [3.8, 4) is 5.75 Å². The van der Waals surface area contributed by atoms with Crippen LogP contribution in [0.5, 0.6) is 5.75 Å². The molecule has 0 saturated carbocycles. The van der Waals surface area contributed by atoms with Gasteiger partial charge in [-0.15, -0.1) is 0 Å². The lowest BCUT2D eigenvalue weighted by molar-refractivity contribution is 0.274. The van der Waals surface area contributed by atoms with Gasteiger partial charge in [-0.25, -0.2) is 9.13 Å². The highest BCUT2D eigenvalue weighted by atomic mass is 31.2. The number of nitrogens with two attached hydrogens (primary N) is 1. The van der Waals surface area contributed by atoms with Gasteiger partial charge in [0.05, 0.1) is 0 Å². The first-order valence-electron chi connectivity index (χ1n) is 3.86. The number of anilines is 1. The topological polar surface area (TPSA) is 171 Å². The van der Waals surface area contributed by atoms with Gasteiger partial charge < -0.3 is 24.9 Å². The highest BCUT2D eigenvalue weighted by Gasteiger charge is 2.14. The van der Waals surface area contributed by atoms with Gasteiger partial charge in [-0.05, 0) is 24.3 Å². The van der Waals surface area contributed by atoms with Crippen LogP contribution in [-0.4, -0.2) is 24.5 Å². The fraction of sp³-hybridized carbons (Fsp3) is 0. The lowest BCUT2D eigenvalue weighted by Gasteiger charge is -2.05. The molecule has 0 aromatic heterocycles. The molecule has 11 heteroatoms. The summed E-state index contributed by atoms with van der Waals surface area (Å²) in [4.78, 5) is 38.4. The summed E-state index contributed by atoms with van der Waals surface area (Å²) in [5.41, 5.74) is 5.85. The van der Waals surface area contributed by atoms with E-state index in [1.54, 1.807) is 0 Å². The van der Waals surface area contributed by atoms with Gasteiger partial charge in [0.1, 0.15) is 5.75 Å². The van der Waals surface area contributed by atoms with Crippen molar-refractivity contribution in [2.45, 2.75) is 0 Å². The molecule has 0 spiro atoms. The molecule has 1 aromatic carbocycles. The van der Waals surface area contributed by atoms with E-state index in [0.29, 0.717) is 5.69 Å². The standard InChI is InChI=1S/C6H8NO4P.H3O4P/c7-5-1-3-6(4-2-5)11-12(8,9)10;1-5(2,3)4/h1-4H,7H2,(H2,8,9,10);(H3,1,2,3,4). The number of rotatable bonds is 2. The summed E-state index contributed by atoms with van der Waals surface area (Å²) in [6, 6.07) is 5.75. The largest absolute Gasteiger partial charge is 0.524 e. The predicted molar refractivity (Wildman–Crippen MR) is 57.8 cm³/mol. The fourth-order valence-electron chi connectivity index (χ4n) is 0.666. The maximum atomic E-state index is 10.3. The number of nitrogen functional groups attached to an aromatic ring is 1. The minimum absolute atomic E-state index is 0.0949. The van der Waals surface area contributed by atoms with E-state index in [4.69, 9.17) is 34.8 Å². The summed E-state index contributed by atoms with van der Waals surface area (Å²) in [6.45, 7) is 0. The van der Waals surface area contributed by atoms with Crippen molar-refractivity contribution in [3.05, 3.63) is 24.3 Å². The average molecular weight is 287 g/mol. The normalized spacial score (nSPS) is 11.4. The van der Waals surface area contributed by atoms with E-state index >= 15 is 0 Å². The van der Waals surface area contributed by atoms with Gasteiger partial charge >= 0.3 is 15.6 Å². The lowest BCUT2D eigenvalue weighted by Crippen LogP contribution is -1.90. The molecule has 7 N–H and O–H groups in total. The summed E-state index contributed by atoms with van der Waals surface area (Å²) < 4.78 is 23.5. The Labute approximate surface area is 96.0 Å². The molecule has 0 saturated heterocycles. The van der Waals surface area contributed by atoms with Crippen LogP contribution in [0, 0.1) is 0 Å². The molecule has 1 aromatic rings. The molecule has 0 amide bonds. The predicted octanol–water partition coefficient (Wildman–Crippen LogP) is -0.188. The fourth-order valence-corrected chi connectivity index (χ4v) is 1.06. The van der Waals surface area contributed by atoms with Gasteiger partial charge in [-0.1, -0.05) is 0 Å². The summed E-state index contributed by atoms with van der Waals surface area (Å²) in [5.74, 6) is 0.0949. The molecule has 98 valence electrons. The Hall–Kier alpha value is -0.920. The van der Waals surface area contributed by atoms with E-state index in [-0.39, 0.29) is 5.75 Å². The monoisotopic (exact) mass is 287 g/mol. The highest BCUT2D eigenvalue weighted by Crippen LogP contribution is 2.37. The molecule has 0 bridgehead atoms. The molecule has 9 nitrogen and oxygen atoms in total. The molecule has 0 radical (unpaired) electrons. The lowest BCUT2D eigenvalue weighted by atomic mass is 10.3. The minimum atomic E-state index is -4.64. The van der Waals surface area contributed by atoms with Crippen LogP contribution in [0.4, 0.5) is 5.69 Å². The highest BCUT2D eigenvalue weighted by molar-refractivity contribution is 7.46. The molecule has 0 atom stereocenters. The summed E-state index contributed by atoms with van der Waals surface area (Å²) in [7, 11) is -9.08. The van der Waals surface area contributed by atoms with Crippen molar-refractivity contribution < 1.29 is 38.1 Å². The van der Waals surface area contributed by atoms with Crippen LogP contribution in [0.1, 0.15) is 0 Å². The van der Waals surface area contributed by atoms with Gasteiger partial charge in [0.15, 0.2) is 0 Å². The third-order valence-corrected chi connectivity index (χ3v) is 1.55. The number of hydrogen-bond donors (Lipinski definition) is 6. The summed E-state index contributed by atoms with van der Waals surface area (Å²) in [5, 5.41) is 0. The van der Waals surface area contributed by atoms with E-state index in [0.717, 1.165) is 0 Å². The first-order valence-corrected chi connectivity index (χ1v) is 6.96. The Morgan fingerprint density at radius 3 is 1.59 bits per heavy atom. The van der Waals surface area contributed by atoms with Crippen LogP contribution >= 0.6 is 15.6 Å². The molecule has 0 aliphatic rings. The molecule has 1 rings (SSSR count). The Balaban J connectivity index is 0.000000437. The Morgan fingerprint density at radius 1 is 0.941 bits per heavy atom. The van der Waals surface area contributed by atoms with E-state index < -0.39 is 15.6 Å². The van der Waals surface area contributed by atoms with Crippen molar-refractivity contribution in [1.29, 1.82) is 0 Å². The smallest absolute Gasteiger partial charge is 0.404 e. The van der Waals surface area contributed by atoms with Crippen molar-refractivity contribution in [3.63, 3.8) is 0 Å². The van der Waals surface area contributed by atoms with Gasteiger partial charge in [0, 0.05) is 5.69 Å². The van der Waals surface area contributed by atoms with Gasteiger partial charge in [0.25, 0.3) is 0 Å². The van der Waals surface area contributed by atoms with E-state index in [2.05, 4.69) is 4.52 Å². The SMILES string of the molecule is Nc1ccc(OP(=O)(O)O)cc1.O=P(O)(O)O. The van der Waals surface area contributed by atoms with Crippen molar-refractivity contribution >= 4 is 21.3 Å². The van der Waals surface area contributed by atoms with Crippen LogP contribution in [0.25, 0.3) is 0 Å². The molecule has 0 aliphatic heterocycles. The first kappa shape index (κ1) is 16.1. The maximum absolute atomic E-state index is 10.3. The van der Waals surface area contributed by atoms with Crippen LogP contribution < -0.4 is 10.3 Å². The van der Waals surface area contributed by atoms with Crippen molar-refractivity contribution in [1.82, 2.24) is 0 Å². The molecular formula is C6H11NO8P2. The number of phosphoric acid groups is 2. The number of benzene rings is 1. The second-order valence-electron chi connectivity index (χ2n) is 2.66. The molecule has 0 fully saturated rings. The Kier molecular flexibility index (Phi) is 5.80. The van der Waals surface area contributed by atoms with Gasteiger partial charge in [0.2, 0.25) is 0 Å². The maximum Gasteiger partial charge on any atom is 0.524 e. The summed E-state index contributed by atoms with van der Waals surface area (Å²) >= 11 is 0. The van der Waals surface area contributed by atoms with Crippen molar-refractivity contribution in [2.24, 2.45) is 0 Å². The van der Waals surface area contributed by atoms with Crippen LogP contribution in [0.2, 0.25) is 0 Å². The first-order chi connectivity index (χ1) is 7.47. The van der Waals surface area contributed by atoms with E-state index in [9.17, 15) is 4.57 Å². The van der Waals surface area contributed by atoms with Crippen molar-refractivity contribution in [2.75, 3.05) is 5.73 Å². The van der Waals surface area contributed by atoms with E-state index in [1.165, 1.54) is 24.3 Å². The molecule has 17 heavy (non-hydrogen) atoms. The second-order valence-corrected chi connectivity index (χ2v) is 4.85. The van der Waals surface area contributed by atoms with Crippen LogP contribution in [-0.2, 0) is 9.13 Å². The average Bonchev–Trinajstić information content (AvgIpc) is 2.03. The van der Waals surface area contributed by atoms with Gasteiger partial charge in [-0.2, -0.15) is 0 Å². The zero-order valence-corrected chi connectivity index (χ0v) is 10.0. The molecular weight excluding hydrogens is 276 g/mol. The second kappa shape index (κ2) is 6.13. The number of phosphoric ester groups is 1. The van der Waals surface area contributed by atoms with Gasteiger partial charge in [-0.3, -0.25) is 9.79 Å². The molecule has 0 heterocycles. The molecule has 0 aliphatic carbocycles. The molecule has 0 unspecified atom stereocenters. The Bertz CT molecular complexity index is 426. The third-order valence-electron chi connectivity index (χ3n) is 1.10. The zero-order valence-electron chi connectivity index (χ0n) is 8.24. The zero-order chi connectivity index (χ0) is 13.7. The quantitative estimate of drug-likeness (QED) is 0.318. The van der Waals surface area contributed by atoms with Crippen LogP contribution in [0.3, 0.4) is 0 Å². The Morgan fingerprint density at radius 2 is 1.29 bits per heavy atom. The summed E-state index contributed by atoms with van der Waals surface area (Å²) in [6.07, 6.45) is 0. The third kappa shape index (κ3) is 13.0.